The van der Waals surface area contributed by atoms with Gasteiger partial charge in [-0.1, -0.05) is 11.2 Å². The van der Waals surface area contributed by atoms with Gasteiger partial charge in [0, 0.05) is 0 Å². The van der Waals surface area contributed by atoms with E-state index in [4.69, 9.17) is 25.4 Å². The van der Waals surface area contributed by atoms with Crippen molar-refractivity contribution >= 4 is 36.5 Å². The third-order valence-corrected chi connectivity index (χ3v) is 8.08. The zero-order chi connectivity index (χ0) is 15.3. The summed E-state index contributed by atoms with van der Waals surface area (Å²) in [6.07, 6.45) is 6.61. The Hall–Kier alpha value is -0.200. The number of rotatable bonds is 7. The molecule has 118 valence electrons. The molecule has 2 rings (SSSR count). The summed E-state index contributed by atoms with van der Waals surface area (Å²) < 4.78 is 16.6. The smallest absolute Gasteiger partial charge is 0.249 e. The predicted octanol–water partition coefficient (Wildman–Crippen LogP) is 4.34. The Morgan fingerprint density at radius 3 is 2.67 bits per heavy atom. The van der Waals surface area contributed by atoms with Gasteiger partial charge in [-0.2, -0.15) is 17.6 Å². The maximum atomic E-state index is 5.63. The van der Waals surface area contributed by atoms with Crippen LogP contribution >= 0.6 is 19.1 Å². The Bertz CT molecular complexity index is 537. The number of hydrogen-bond donors (Lipinski definition) is 1. The molecule has 1 aliphatic rings. The van der Waals surface area contributed by atoms with E-state index in [2.05, 4.69) is 28.8 Å². The molecule has 0 aromatic carbocycles. The van der Waals surface area contributed by atoms with Gasteiger partial charge < -0.3 is 13.6 Å². The maximum Gasteiger partial charge on any atom is 0.249 e. The zero-order valence-corrected chi connectivity index (χ0v) is 14.9. The molecule has 0 amide bonds. The molecule has 0 saturated carbocycles. The second-order valence-corrected chi connectivity index (χ2v) is 9.24. The molecule has 0 aliphatic heterocycles. The van der Waals surface area contributed by atoms with Crippen LogP contribution in [0.2, 0.25) is 0 Å². The Morgan fingerprint density at radius 2 is 2.10 bits per heavy atom. The maximum absolute atomic E-state index is 5.63. The van der Waals surface area contributed by atoms with Crippen molar-refractivity contribution in [2.45, 2.75) is 44.5 Å². The van der Waals surface area contributed by atoms with Gasteiger partial charge in [0.1, 0.15) is 0 Å². The summed E-state index contributed by atoms with van der Waals surface area (Å²) in [5.41, 5.74) is 1.14. The van der Waals surface area contributed by atoms with Crippen LogP contribution in [0.1, 0.15) is 56.2 Å². The van der Waals surface area contributed by atoms with Crippen LogP contribution in [-0.4, -0.2) is 23.4 Å². The van der Waals surface area contributed by atoms with E-state index >= 15 is 0 Å². The van der Waals surface area contributed by atoms with Crippen LogP contribution in [-0.2, 0) is 20.9 Å². The predicted molar refractivity (Wildman–Crippen MR) is 90.0 cm³/mol. The molecule has 1 aliphatic carbocycles. The van der Waals surface area contributed by atoms with E-state index in [1.807, 2.05) is 13.8 Å². The van der Waals surface area contributed by atoms with Gasteiger partial charge in [0.05, 0.1) is 13.2 Å². The Kier molecular flexibility index (Phi) is 6.44. The lowest BCUT2D eigenvalue weighted by Crippen LogP contribution is -2.02. The summed E-state index contributed by atoms with van der Waals surface area (Å²) in [7, 11) is 0. The summed E-state index contributed by atoms with van der Waals surface area (Å²) >= 11 is 10.0. The molecule has 0 bridgehead atoms. The van der Waals surface area contributed by atoms with Gasteiger partial charge in [-0.15, -0.1) is 0 Å². The summed E-state index contributed by atoms with van der Waals surface area (Å²) in [6.45, 7) is 2.13. The first-order valence-electron chi connectivity index (χ1n) is 7.20. The number of hydrogen-bond acceptors (Lipinski definition) is 7. The van der Waals surface area contributed by atoms with Gasteiger partial charge in [-0.25, -0.2) is 0 Å². The highest BCUT2D eigenvalue weighted by molar-refractivity contribution is 8.14. The Balaban J connectivity index is 2.19. The van der Waals surface area contributed by atoms with Crippen molar-refractivity contribution in [2.24, 2.45) is 0 Å². The molecule has 0 fully saturated rings. The second kappa shape index (κ2) is 7.88. The van der Waals surface area contributed by atoms with Crippen molar-refractivity contribution < 1.29 is 13.6 Å². The van der Waals surface area contributed by atoms with Crippen LogP contribution in [0.3, 0.4) is 0 Å². The fourth-order valence-electron chi connectivity index (χ4n) is 2.19. The van der Waals surface area contributed by atoms with Crippen LogP contribution in [0.4, 0.5) is 0 Å². The SMILES string of the molecule is CCOP(=S)(OCC)C(S)c1nc(C2=CCCCC2)no1. The van der Waals surface area contributed by atoms with Crippen LogP contribution < -0.4 is 0 Å². The van der Waals surface area contributed by atoms with E-state index in [0.717, 1.165) is 24.8 Å². The first-order chi connectivity index (χ1) is 10.1. The monoisotopic (exact) mass is 348 g/mol. The van der Waals surface area contributed by atoms with Crippen LogP contribution in [0.5, 0.6) is 0 Å². The highest BCUT2D eigenvalue weighted by Gasteiger charge is 2.34. The summed E-state index contributed by atoms with van der Waals surface area (Å²) in [4.78, 5) is 3.94. The average Bonchev–Trinajstić information content (AvgIpc) is 2.97. The highest BCUT2D eigenvalue weighted by Crippen LogP contribution is 2.62. The minimum Gasteiger partial charge on any atom is -0.337 e. The molecule has 8 heteroatoms. The lowest BCUT2D eigenvalue weighted by atomic mass is 9.99. The van der Waals surface area contributed by atoms with Crippen LogP contribution in [0, 0.1) is 0 Å². The van der Waals surface area contributed by atoms with Gasteiger partial charge in [-0.3, -0.25) is 0 Å². The van der Waals surface area contributed by atoms with Gasteiger partial charge in [0.25, 0.3) is 0 Å². The second-order valence-electron chi connectivity index (χ2n) is 4.68. The van der Waals surface area contributed by atoms with Crippen molar-refractivity contribution in [1.29, 1.82) is 0 Å². The first kappa shape index (κ1) is 17.2. The summed E-state index contributed by atoms with van der Waals surface area (Å²) in [6, 6.07) is 0. The van der Waals surface area contributed by atoms with E-state index in [0.29, 0.717) is 24.9 Å². The van der Waals surface area contributed by atoms with E-state index in [-0.39, 0.29) is 0 Å². The molecule has 0 spiro atoms. The molecule has 1 heterocycles. The van der Waals surface area contributed by atoms with Crippen molar-refractivity contribution in [3.8, 4) is 0 Å². The van der Waals surface area contributed by atoms with Gasteiger partial charge in [0.2, 0.25) is 12.4 Å². The molecular weight excluding hydrogens is 327 g/mol. The summed E-state index contributed by atoms with van der Waals surface area (Å²) in [5, 5.41) is 4.05. The normalized spacial score (nSPS) is 17.6. The number of nitrogens with zero attached hydrogens (tertiary/aromatic N) is 2. The zero-order valence-electron chi connectivity index (χ0n) is 12.3. The number of allylic oxidation sites excluding steroid dienone is 2. The first-order valence-corrected chi connectivity index (χ1v) is 10.4. The van der Waals surface area contributed by atoms with E-state index in [1.54, 1.807) is 0 Å². The number of aromatic nitrogens is 2. The molecule has 1 aromatic heterocycles. The lowest BCUT2D eigenvalue weighted by molar-refractivity contribution is 0.261. The van der Waals surface area contributed by atoms with Gasteiger partial charge in [-0.05, 0) is 56.9 Å². The third kappa shape index (κ3) is 4.17. The van der Waals surface area contributed by atoms with Crippen molar-refractivity contribution in [2.75, 3.05) is 13.2 Å². The summed E-state index contributed by atoms with van der Waals surface area (Å²) in [5.74, 6) is 1.02. The fraction of sp³-hybridized carbons (Fsp3) is 0.692. The number of thiol groups is 1. The average molecular weight is 348 g/mol. The largest absolute Gasteiger partial charge is 0.337 e. The van der Waals surface area contributed by atoms with Crippen molar-refractivity contribution in [3.05, 3.63) is 17.8 Å². The Morgan fingerprint density at radius 1 is 1.38 bits per heavy atom. The minimum absolute atomic E-state index is 0.380. The molecule has 1 unspecified atom stereocenters. The minimum atomic E-state index is -2.58. The molecular formula is C13H21N2O3PS2. The highest BCUT2D eigenvalue weighted by atomic mass is 32.5. The van der Waals surface area contributed by atoms with E-state index in [9.17, 15) is 0 Å². The van der Waals surface area contributed by atoms with Crippen LogP contribution in [0.15, 0.2) is 10.6 Å². The molecule has 0 saturated heterocycles. The lowest BCUT2D eigenvalue weighted by Gasteiger charge is -2.24. The molecule has 21 heavy (non-hydrogen) atoms. The van der Waals surface area contributed by atoms with E-state index in [1.165, 1.54) is 6.42 Å². The standard InChI is InChI=1S/C13H21N2O3PS2/c1-3-16-19(21,17-4-2)13(20)12-14-11(15-18-12)10-8-6-5-7-9-10/h8,13,20H,3-7,9H2,1-2H3. The van der Waals surface area contributed by atoms with Gasteiger partial charge in [0.15, 0.2) is 10.8 Å². The topological polar surface area (TPSA) is 57.4 Å². The Labute approximate surface area is 136 Å². The van der Waals surface area contributed by atoms with Crippen LogP contribution in [0.25, 0.3) is 5.57 Å². The van der Waals surface area contributed by atoms with E-state index < -0.39 is 11.5 Å². The van der Waals surface area contributed by atoms with Gasteiger partial charge >= 0.3 is 0 Å². The molecule has 1 aromatic rings. The molecule has 5 nitrogen and oxygen atoms in total. The third-order valence-electron chi connectivity index (χ3n) is 3.16. The molecule has 0 N–H and O–H groups in total. The van der Waals surface area contributed by atoms with Crippen molar-refractivity contribution in [3.63, 3.8) is 0 Å². The van der Waals surface area contributed by atoms with Crippen molar-refractivity contribution in [1.82, 2.24) is 10.1 Å². The molecule has 0 radical (unpaired) electrons. The fourth-order valence-corrected chi connectivity index (χ4v) is 5.05. The quantitative estimate of drug-likeness (QED) is 0.584. The molecule has 1 atom stereocenters.